The second-order valence-electron chi connectivity index (χ2n) is 3.28. The average Bonchev–Trinajstić information content (AvgIpc) is 2.69. The summed E-state index contributed by atoms with van der Waals surface area (Å²) in [6, 6.07) is 6.29. The molecule has 0 fully saturated rings. The predicted octanol–water partition coefficient (Wildman–Crippen LogP) is 1.86. The second-order valence-corrected chi connectivity index (χ2v) is 3.28. The van der Waals surface area contributed by atoms with Crippen LogP contribution in [0.1, 0.15) is 16.9 Å². The molecule has 3 nitrogen and oxygen atoms in total. The third kappa shape index (κ3) is 2.22. The molecule has 1 aromatic heterocycles. The van der Waals surface area contributed by atoms with Crippen molar-refractivity contribution in [3.8, 4) is 0 Å². The van der Waals surface area contributed by atoms with Gasteiger partial charge in [-0.25, -0.2) is 4.39 Å². The molecule has 78 valence electrons. The molecule has 4 heteroatoms. The first-order valence-corrected chi connectivity index (χ1v) is 4.66. The van der Waals surface area contributed by atoms with Gasteiger partial charge in [0.15, 0.2) is 0 Å². The minimum absolute atomic E-state index is 0.240. The van der Waals surface area contributed by atoms with E-state index in [-0.39, 0.29) is 5.82 Å². The topological polar surface area (TPSA) is 52.0 Å². The summed E-state index contributed by atoms with van der Waals surface area (Å²) in [7, 11) is 0. The zero-order valence-corrected chi connectivity index (χ0v) is 8.11. The number of halogens is 1. The zero-order chi connectivity index (χ0) is 10.7. The molecule has 0 amide bonds. The van der Waals surface area contributed by atoms with E-state index in [1.807, 2.05) is 0 Å². The van der Waals surface area contributed by atoms with E-state index in [4.69, 9.17) is 10.3 Å². The van der Waals surface area contributed by atoms with Gasteiger partial charge >= 0.3 is 0 Å². The lowest BCUT2D eigenvalue weighted by Gasteiger charge is -1.99. The second kappa shape index (κ2) is 4.23. The normalized spacial score (nSPS) is 10.5. The molecule has 15 heavy (non-hydrogen) atoms. The molecule has 0 radical (unpaired) electrons. The maximum atomic E-state index is 12.7. The Labute approximate surface area is 86.7 Å². The lowest BCUT2D eigenvalue weighted by atomic mass is 10.1. The standard InChI is InChI=1S/C11H11FN2O/c12-10-3-1-8(2-4-10)5-11-9(6-13)7-14-15-11/h1-4,7H,5-6,13H2. The summed E-state index contributed by atoms with van der Waals surface area (Å²) >= 11 is 0. The molecule has 0 aliphatic carbocycles. The number of rotatable bonds is 3. The van der Waals surface area contributed by atoms with Crippen LogP contribution in [0.2, 0.25) is 0 Å². The van der Waals surface area contributed by atoms with E-state index in [0.717, 1.165) is 16.9 Å². The van der Waals surface area contributed by atoms with Crippen molar-refractivity contribution in [2.75, 3.05) is 0 Å². The van der Waals surface area contributed by atoms with Crippen molar-refractivity contribution in [1.29, 1.82) is 0 Å². The van der Waals surface area contributed by atoms with Gasteiger partial charge in [0.1, 0.15) is 11.6 Å². The first-order valence-electron chi connectivity index (χ1n) is 4.66. The third-order valence-corrected chi connectivity index (χ3v) is 2.23. The number of benzene rings is 1. The molecule has 1 aromatic carbocycles. The Bertz CT molecular complexity index is 436. The van der Waals surface area contributed by atoms with Gasteiger partial charge in [-0.15, -0.1) is 0 Å². The third-order valence-electron chi connectivity index (χ3n) is 2.23. The number of aromatic nitrogens is 1. The van der Waals surface area contributed by atoms with E-state index in [0.29, 0.717) is 13.0 Å². The Morgan fingerprint density at radius 2 is 2.00 bits per heavy atom. The van der Waals surface area contributed by atoms with Crippen LogP contribution >= 0.6 is 0 Å². The van der Waals surface area contributed by atoms with Crippen LogP contribution in [0, 0.1) is 5.82 Å². The summed E-state index contributed by atoms with van der Waals surface area (Å²) < 4.78 is 17.7. The highest BCUT2D eigenvalue weighted by molar-refractivity contribution is 5.24. The molecule has 0 aliphatic rings. The maximum Gasteiger partial charge on any atom is 0.145 e. The number of hydrogen-bond acceptors (Lipinski definition) is 3. The average molecular weight is 206 g/mol. The van der Waals surface area contributed by atoms with E-state index in [9.17, 15) is 4.39 Å². The number of hydrogen-bond donors (Lipinski definition) is 1. The molecule has 0 aliphatic heterocycles. The van der Waals surface area contributed by atoms with Crippen molar-refractivity contribution in [1.82, 2.24) is 5.16 Å². The SMILES string of the molecule is NCc1cnoc1Cc1ccc(F)cc1. The van der Waals surface area contributed by atoms with E-state index in [1.54, 1.807) is 18.3 Å². The van der Waals surface area contributed by atoms with Crippen LogP contribution in [0.3, 0.4) is 0 Å². The highest BCUT2D eigenvalue weighted by Gasteiger charge is 2.07. The Morgan fingerprint density at radius 1 is 1.27 bits per heavy atom. The fraction of sp³-hybridized carbons (Fsp3) is 0.182. The highest BCUT2D eigenvalue weighted by Crippen LogP contribution is 2.13. The van der Waals surface area contributed by atoms with Crippen molar-refractivity contribution in [3.63, 3.8) is 0 Å². The van der Waals surface area contributed by atoms with E-state index in [1.165, 1.54) is 12.1 Å². The van der Waals surface area contributed by atoms with Crippen molar-refractivity contribution >= 4 is 0 Å². The molecule has 0 unspecified atom stereocenters. The Kier molecular flexibility index (Phi) is 2.78. The quantitative estimate of drug-likeness (QED) is 0.833. The van der Waals surface area contributed by atoms with E-state index in [2.05, 4.69) is 5.16 Å². The van der Waals surface area contributed by atoms with Crippen LogP contribution in [0.15, 0.2) is 35.0 Å². The van der Waals surface area contributed by atoms with Crippen LogP contribution < -0.4 is 5.73 Å². The van der Waals surface area contributed by atoms with Gasteiger partial charge in [0.05, 0.1) is 6.20 Å². The molecular formula is C11H11FN2O. The summed E-state index contributed by atoms with van der Waals surface area (Å²) in [5.41, 5.74) is 7.38. The first kappa shape index (κ1) is 9.86. The van der Waals surface area contributed by atoms with Crippen LogP contribution in [0.4, 0.5) is 4.39 Å². The smallest absolute Gasteiger partial charge is 0.145 e. The molecular weight excluding hydrogens is 195 g/mol. The molecule has 2 rings (SSSR count). The summed E-state index contributed by atoms with van der Waals surface area (Å²) in [6.45, 7) is 0.403. The summed E-state index contributed by atoms with van der Waals surface area (Å²) in [4.78, 5) is 0. The van der Waals surface area contributed by atoms with Gasteiger partial charge in [0.2, 0.25) is 0 Å². The van der Waals surface area contributed by atoms with Gasteiger partial charge in [-0.05, 0) is 17.7 Å². The van der Waals surface area contributed by atoms with E-state index >= 15 is 0 Å². The molecule has 0 atom stereocenters. The lowest BCUT2D eigenvalue weighted by molar-refractivity contribution is 0.388. The summed E-state index contributed by atoms with van der Waals surface area (Å²) in [5, 5.41) is 3.68. The Balaban J connectivity index is 2.18. The van der Waals surface area contributed by atoms with Crippen LogP contribution in [0.25, 0.3) is 0 Å². The molecule has 0 saturated carbocycles. The number of nitrogens with zero attached hydrogens (tertiary/aromatic N) is 1. The predicted molar refractivity (Wildman–Crippen MR) is 53.6 cm³/mol. The van der Waals surface area contributed by atoms with Crippen molar-refractivity contribution in [2.45, 2.75) is 13.0 Å². The molecule has 1 heterocycles. The number of nitrogens with two attached hydrogens (primary N) is 1. The highest BCUT2D eigenvalue weighted by atomic mass is 19.1. The van der Waals surface area contributed by atoms with Gasteiger partial charge in [-0.1, -0.05) is 17.3 Å². The molecule has 2 N–H and O–H groups in total. The monoisotopic (exact) mass is 206 g/mol. The molecule has 0 bridgehead atoms. The minimum atomic E-state index is -0.240. The van der Waals surface area contributed by atoms with Gasteiger partial charge in [-0.3, -0.25) is 0 Å². The lowest BCUT2D eigenvalue weighted by Crippen LogP contribution is -1.99. The zero-order valence-electron chi connectivity index (χ0n) is 8.11. The van der Waals surface area contributed by atoms with Crippen molar-refractivity contribution < 1.29 is 8.91 Å². The fourth-order valence-electron chi connectivity index (χ4n) is 1.38. The van der Waals surface area contributed by atoms with Crippen LogP contribution in [-0.4, -0.2) is 5.16 Å². The maximum absolute atomic E-state index is 12.7. The van der Waals surface area contributed by atoms with Gasteiger partial charge < -0.3 is 10.3 Å². The van der Waals surface area contributed by atoms with Gasteiger partial charge in [0.25, 0.3) is 0 Å². The molecule has 0 saturated heterocycles. The minimum Gasteiger partial charge on any atom is -0.361 e. The summed E-state index contributed by atoms with van der Waals surface area (Å²) in [6.07, 6.45) is 2.20. The Hall–Kier alpha value is -1.68. The van der Waals surface area contributed by atoms with Crippen LogP contribution in [-0.2, 0) is 13.0 Å². The van der Waals surface area contributed by atoms with E-state index < -0.39 is 0 Å². The molecule has 0 spiro atoms. The van der Waals surface area contributed by atoms with Gasteiger partial charge in [0, 0.05) is 18.5 Å². The summed E-state index contributed by atoms with van der Waals surface area (Å²) in [5.74, 6) is 0.500. The van der Waals surface area contributed by atoms with Crippen molar-refractivity contribution in [3.05, 3.63) is 53.2 Å². The van der Waals surface area contributed by atoms with Crippen molar-refractivity contribution in [2.24, 2.45) is 5.73 Å². The van der Waals surface area contributed by atoms with Crippen LogP contribution in [0.5, 0.6) is 0 Å². The van der Waals surface area contributed by atoms with Gasteiger partial charge in [-0.2, -0.15) is 0 Å². The first-order chi connectivity index (χ1) is 7.29. The largest absolute Gasteiger partial charge is 0.361 e. The Morgan fingerprint density at radius 3 is 2.67 bits per heavy atom. The molecule has 2 aromatic rings. The fourth-order valence-corrected chi connectivity index (χ4v) is 1.38.